The minimum Gasteiger partial charge on any atom is -0.490 e. The molecule has 0 atom stereocenters. The van der Waals surface area contributed by atoms with E-state index in [9.17, 15) is 0 Å². The molecule has 3 aromatic rings. The Hall–Kier alpha value is -2.22. The smallest absolute Gasteiger partial charge is 0.214 e. The minimum absolute atomic E-state index is 0.317. The molecule has 9 heteroatoms. The third-order valence-corrected chi connectivity index (χ3v) is 5.02. The van der Waals surface area contributed by atoms with Crippen molar-refractivity contribution < 1.29 is 9.47 Å². The van der Waals surface area contributed by atoms with Gasteiger partial charge in [0.25, 0.3) is 0 Å². The van der Waals surface area contributed by atoms with Crippen molar-refractivity contribution in [1.82, 2.24) is 14.9 Å². The summed E-state index contributed by atoms with van der Waals surface area (Å²) in [6.45, 7) is 5.02. The van der Waals surface area contributed by atoms with E-state index in [1.807, 2.05) is 44.2 Å². The van der Waals surface area contributed by atoms with Gasteiger partial charge in [0.1, 0.15) is 12.4 Å². The Morgan fingerprint density at radius 2 is 1.86 bits per heavy atom. The molecule has 0 bridgehead atoms. The predicted octanol–water partition coefficient (Wildman–Crippen LogP) is 5.28. The fourth-order valence-electron chi connectivity index (χ4n) is 2.59. The number of benzene rings is 2. The predicted molar refractivity (Wildman–Crippen MR) is 114 cm³/mol. The van der Waals surface area contributed by atoms with Crippen LogP contribution < -0.4 is 14.9 Å². The van der Waals surface area contributed by atoms with E-state index in [2.05, 4.69) is 15.6 Å². The van der Waals surface area contributed by atoms with E-state index in [1.165, 1.54) is 0 Å². The van der Waals surface area contributed by atoms with Crippen molar-refractivity contribution in [2.45, 2.75) is 27.0 Å². The first-order valence-corrected chi connectivity index (χ1v) is 9.85. The normalized spacial score (nSPS) is 10.7. The van der Waals surface area contributed by atoms with Crippen LogP contribution in [-0.4, -0.2) is 21.5 Å². The number of aryl methyl sites for hydroxylation is 1. The highest BCUT2D eigenvalue weighted by molar-refractivity contribution is 7.71. The standard InChI is InChI=1S/C19H20Cl2N4O2S/c1-3-26-17-8-14(10-22-25-12(2)23-24-19(25)28)16(21)9-18(17)27-11-13-6-4-5-7-15(13)20/h4-9,22H,3,10-11H2,1-2H3,(H,24,28). The highest BCUT2D eigenvalue weighted by Gasteiger charge is 2.13. The van der Waals surface area contributed by atoms with Crippen LogP contribution in [-0.2, 0) is 13.2 Å². The number of nitrogens with one attached hydrogen (secondary N) is 2. The molecule has 0 spiro atoms. The Morgan fingerprint density at radius 3 is 2.54 bits per heavy atom. The van der Waals surface area contributed by atoms with Crippen LogP contribution in [0.1, 0.15) is 23.9 Å². The van der Waals surface area contributed by atoms with Gasteiger partial charge < -0.3 is 14.9 Å². The molecule has 1 aromatic heterocycles. The number of hydrogen-bond acceptors (Lipinski definition) is 5. The van der Waals surface area contributed by atoms with Crippen LogP contribution in [0.15, 0.2) is 36.4 Å². The first-order chi connectivity index (χ1) is 13.5. The Morgan fingerprint density at radius 1 is 1.11 bits per heavy atom. The molecule has 3 rings (SSSR count). The van der Waals surface area contributed by atoms with Crippen molar-refractivity contribution in [3.8, 4) is 11.5 Å². The van der Waals surface area contributed by atoms with Crippen LogP contribution in [0.4, 0.5) is 0 Å². The van der Waals surface area contributed by atoms with Crippen LogP contribution in [0.5, 0.6) is 11.5 Å². The van der Waals surface area contributed by atoms with Crippen molar-refractivity contribution in [1.29, 1.82) is 0 Å². The second kappa shape index (κ2) is 9.32. The molecule has 2 aromatic carbocycles. The Kier molecular flexibility index (Phi) is 6.83. The fourth-order valence-corrected chi connectivity index (χ4v) is 3.24. The number of halogens is 2. The lowest BCUT2D eigenvalue weighted by Gasteiger charge is -2.16. The van der Waals surface area contributed by atoms with E-state index >= 15 is 0 Å². The molecular formula is C19H20Cl2N4O2S. The van der Waals surface area contributed by atoms with E-state index in [-0.39, 0.29) is 0 Å². The lowest BCUT2D eigenvalue weighted by Crippen LogP contribution is -2.16. The van der Waals surface area contributed by atoms with Crippen LogP contribution in [0.3, 0.4) is 0 Å². The zero-order valence-electron chi connectivity index (χ0n) is 15.5. The molecule has 0 saturated carbocycles. The SMILES string of the molecule is CCOc1cc(CNn2c(C)n[nH]c2=S)c(Cl)cc1OCc1ccccc1Cl. The molecule has 0 aliphatic carbocycles. The van der Waals surface area contributed by atoms with Gasteiger partial charge in [-0.15, -0.1) is 0 Å². The summed E-state index contributed by atoms with van der Waals surface area (Å²) in [6, 6.07) is 11.2. The Balaban J connectivity index is 1.79. The van der Waals surface area contributed by atoms with Gasteiger partial charge in [0.15, 0.2) is 11.5 Å². The van der Waals surface area contributed by atoms with Crippen molar-refractivity contribution in [2.24, 2.45) is 0 Å². The zero-order chi connectivity index (χ0) is 20.1. The van der Waals surface area contributed by atoms with Crippen LogP contribution in [0, 0.1) is 11.7 Å². The van der Waals surface area contributed by atoms with Crippen LogP contribution >= 0.6 is 35.4 Å². The van der Waals surface area contributed by atoms with Crippen molar-refractivity contribution >= 4 is 35.4 Å². The maximum Gasteiger partial charge on any atom is 0.214 e. The average molecular weight is 439 g/mol. The average Bonchev–Trinajstić information content (AvgIpc) is 2.99. The van der Waals surface area contributed by atoms with Gasteiger partial charge in [-0.1, -0.05) is 41.4 Å². The molecule has 28 heavy (non-hydrogen) atoms. The number of aromatic nitrogens is 3. The van der Waals surface area contributed by atoms with Crippen molar-refractivity contribution in [2.75, 3.05) is 12.0 Å². The number of H-pyrrole nitrogens is 1. The minimum atomic E-state index is 0.317. The fraction of sp³-hybridized carbons (Fsp3) is 0.263. The number of hydrogen-bond donors (Lipinski definition) is 2. The van der Waals surface area contributed by atoms with Gasteiger partial charge in [0, 0.05) is 21.7 Å². The van der Waals surface area contributed by atoms with Crippen molar-refractivity contribution in [3.63, 3.8) is 0 Å². The third-order valence-electron chi connectivity index (χ3n) is 4.02. The van der Waals surface area contributed by atoms with Crippen molar-refractivity contribution in [3.05, 3.63) is 68.2 Å². The van der Waals surface area contributed by atoms with Gasteiger partial charge in [-0.3, -0.25) is 5.10 Å². The highest BCUT2D eigenvalue weighted by Crippen LogP contribution is 2.34. The second-order valence-electron chi connectivity index (χ2n) is 5.95. The van der Waals surface area contributed by atoms with Gasteiger partial charge in [0.2, 0.25) is 4.77 Å². The van der Waals surface area contributed by atoms with Gasteiger partial charge in [0.05, 0.1) is 13.2 Å². The van der Waals surface area contributed by atoms with E-state index < -0.39 is 0 Å². The molecular weight excluding hydrogens is 419 g/mol. The summed E-state index contributed by atoms with van der Waals surface area (Å²) >= 11 is 17.9. The Bertz CT molecular complexity index is 1020. The molecule has 0 radical (unpaired) electrons. The third kappa shape index (κ3) is 4.79. The molecule has 148 valence electrons. The van der Waals surface area contributed by atoms with Crippen LogP contribution in [0.2, 0.25) is 10.0 Å². The summed E-state index contributed by atoms with van der Waals surface area (Å²) in [7, 11) is 0. The monoisotopic (exact) mass is 438 g/mol. The van der Waals surface area contributed by atoms with E-state index in [0.717, 1.165) is 17.0 Å². The van der Waals surface area contributed by atoms with E-state index in [4.69, 9.17) is 44.9 Å². The Labute approximate surface area is 178 Å². The molecule has 0 unspecified atom stereocenters. The first-order valence-electron chi connectivity index (χ1n) is 8.69. The highest BCUT2D eigenvalue weighted by atomic mass is 35.5. The molecule has 0 saturated heterocycles. The quantitative estimate of drug-likeness (QED) is 0.468. The van der Waals surface area contributed by atoms with E-state index in [1.54, 1.807) is 10.7 Å². The molecule has 0 aliphatic rings. The summed E-state index contributed by atoms with van der Waals surface area (Å²) in [6.07, 6.45) is 0. The lowest BCUT2D eigenvalue weighted by atomic mass is 10.2. The lowest BCUT2D eigenvalue weighted by molar-refractivity contribution is 0.269. The van der Waals surface area contributed by atoms with Gasteiger partial charge in [-0.05, 0) is 43.8 Å². The maximum atomic E-state index is 6.47. The van der Waals surface area contributed by atoms with Gasteiger partial charge >= 0.3 is 0 Å². The second-order valence-corrected chi connectivity index (χ2v) is 7.15. The topological polar surface area (TPSA) is 64.1 Å². The molecule has 1 heterocycles. The van der Waals surface area contributed by atoms with Gasteiger partial charge in [-0.25, -0.2) is 4.68 Å². The first kappa shape index (κ1) is 20.5. The molecule has 6 nitrogen and oxygen atoms in total. The summed E-state index contributed by atoms with van der Waals surface area (Å²) in [4.78, 5) is 0. The molecule has 0 aliphatic heterocycles. The number of nitrogens with zero attached hydrogens (tertiary/aromatic N) is 2. The zero-order valence-corrected chi connectivity index (χ0v) is 17.8. The largest absolute Gasteiger partial charge is 0.490 e. The summed E-state index contributed by atoms with van der Waals surface area (Å²) in [5.41, 5.74) is 4.93. The van der Waals surface area contributed by atoms with Gasteiger partial charge in [-0.2, -0.15) is 5.10 Å². The summed E-state index contributed by atoms with van der Waals surface area (Å²) in [5, 5.41) is 8.00. The maximum absolute atomic E-state index is 6.47. The molecule has 0 amide bonds. The van der Waals surface area contributed by atoms with Crippen LogP contribution in [0.25, 0.3) is 0 Å². The van der Waals surface area contributed by atoms with E-state index in [0.29, 0.717) is 46.1 Å². The number of rotatable bonds is 8. The summed E-state index contributed by atoms with van der Waals surface area (Å²) in [5.74, 6) is 1.90. The molecule has 0 fully saturated rings. The number of aromatic amines is 1. The molecule has 2 N–H and O–H groups in total. The number of ether oxygens (including phenoxy) is 2. The summed E-state index contributed by atoms with van der Waals surface area (Å²) < 4.78 is 13.8.